The fourth-order valence-corrected chi connectivity index (χ4v) is 9.89. The molecule has 4 heterocycles. The van der Waals surface area contributed by atoms with Gasteiger partial charge in [-0.15, -0.1) is 11.3 Å². The van der Waals surface area contributed by atoms with E-state index in [4.69, 9.17) is 19.4 Å². The highest BCUT2D eigenvalue weighted by Crippen LogP contribution is 2.44. The normalized spacial score (nSPS) is 14.3. The fraction of sp³-hybridized carbons (Fsp3) is 0.0392. The van der Waals surface area contributed by atoms with Crippen molar-refractivity contribution in [2.75, 3.05) is 0 Å². The van der Waals surface area contributed by atoms with Gasteiger partial charge in [0.2, 0.25) is 5.95 Å². The summed E-state index contributed by atoms with van der Waals surface area (Å²) < 4.78 is 11.3. The molecule has 0 amide bonds. The second-order valence-corrected chi connectivity index (χ2v) is 15.8. The first-order chi connectivity index (χ1) is 28.2. The fourth-order valence-electron chi connectivity index (χ4n) is 8.73. The first kappa shape index (κ1) is 32.1. The number of furan rings is 1. The maximum atomic E-state index is 6.56. The van der Waals surface area contributed by atoms with Crippen LogP contribution in [0.3, 0.4) is 0 Å². The van der Waals surface area contributed by atoms with E-state index in [0.717, 1.165) is 67.3 Å². The van der Waals surface area contributed by atoms with Crippen molar-refractivity contribution in [3.05, 3.63) is 182 Å². The summed E-state index contributed by atoms with van der Waals surface area (Å²) >= 11 is 1.85. The maximum absolute atomic E-state index is 6.56. The summed E-state index contributed by atoms with van der Waals surface area (Å²) in [7, 11) is 0. The number of allylic oxidation sites excluding steroid dienone is 4. The van der Waals surface area contributed by atoms with Crippen molar-refractivity contribution in [2.24, 2.45) is 0 Å². The van der Waals surface area contributed by atoms with Crippen LogP contribution in [0.5, 0.6) is 0 Å². The Kier molecular flexibility index (Phi) is 7.16. The number of hydrogen-bond acceptors (Lipinski definition) is 5. The number of aromatic nitrogens is 4. The molecule has 11 aromatic rings. The third kappa shape index (κ3) is 5.11. The molecule has 268 valence electrons. The van der Waals surface area contributed by atoms with E-state index < -0.39 is 0 Å². The number of benzene rings is 7. The largest absolute Gasteiger partial charge is 0.456 e. The van der Waals surface area contributed by atoms with Gasteiger partial charge in [-0.2, -0.15) is 9.97 Å². The summed E-state index contributed by atoms with van der Waals surface area (Å²) in [5.41, 5.74) is 9.41. The van der Waals surface area contributed by atoms with Crippen LogP contribution >= 0.6 is 11.3 Å². The van der Waals surface area contributed by atoms with E-state index in [1.165, 1.54) is 36.7 Å². The maximum Gasteiger partial charge on any atom is 0.238 e. The molecule has 0 radical (unpaired) electrons. The van der Waals surface area contributed by atoms with Crippen LogP contribution in [0.1, 0.15) is 18.2 Å². The summed E-state index contributed by atoms with van der Waals surface area (Å²) in [6.07, 6.45) is 9.37. The summed E-state index contributed by atoms with van der Waals surface area (Å²) in [6, 6.07) is 53.8. The van der Waals surface area contributed by atoms with Crippen LogP contribution in [0.15, 0.2) is 180 Å². The predicted octanol–water partition coefficient (Wildman–Crippen LogP) is 13.8. The third-order valence-corrected chi connectivity index (χ3v) is 12.5. The summed E-state index contributed by atoms with van der Waals surface area (Å²) in [5, 5.41) is 7.01. The Bertz CT molecular complexity index is 3450. The average molecular weight is 749 g/mol. The highest BCUT2D eigenvalue weighted by molar-refractivity contribution is 7.26. The van der Waals surface area contributed by atoms with Crippen molar-refractivity contribution < 1.29 is 4.42 Å². The van der Waals surface area contributed by atoms with Crippen LogP contribution < -0.4 is 0 Å². The van der Waals surface area contributed by atoms with Crippen LogP contribution in [0.4, 0.5) is 0 Å². The van der Waals surface area contributed by atoms with Crippen molar-refractivity contribution >= 4 is 75.3 Å². The quantitative estimate of drug-likeness (QED) is 0.176. The number of para-hydroxylation sites is 1. The van der Waals surface area contributed by atoms with E-state index in [1.807, 2.05) is 23.5 Å². The van der Waals surface area contributed by atoms with Crippen molar-refractivity contribution in [1.29, 1.82) is 0 Å². The molecule has 57 heavy (non-hydrogen) atoms. The Morgan fingerprint density at radius 2 is 1.30 bits per heavy atom. The van der Waals surface area contributed by atoms with E-state index in [2.05, 4.69) is 168 Å². The van der Waals surface area contributed by atoms with Crippen LogP contribution in [-0.4, -0.2) is 19.5 Å². The second-order valence-electron chi connectivity index (χ2n) is 14.7. The van der Waals surface area contributed by atoms with Crippen molar-refractivity contribution in [3.63, 3.8) is 0 Å². The summed E-state index contributed by atoms with van der Waals surface area (Å²) in [4.78, 5) is 15.8. The van der Waals surface area contributed by atoms with Gasteiger partial charge in [0.1, 0.15) is 17.0 Å². The lowest BCUT2D eigenvalue weighted by atomic mass is 9.99. The lowest BCUT2D eigenvalue weighted by Crippen LogP contribution is -2.11. The monoisotopic (exact) mass is 748 g/mol. The van der Waals surface area contributed by atoms with Gasteiger partial charge in [0.05, 0.1) is 11.0 Å². The number of hydrogen-bond donors (Lipinski definition) is 0. The van der Waals surface area contributed by atoms with E-state index in [9.17, 15) is 0 Å². The van der Waals surface area contributed by atoms with Crippen LogP contribution in [-0.2, 0) is 0 Å². The van der Waals surface area contributed by atoms with Gasteiger partial charge < -0.3 is 4.42 Å². The van der Waals surface area contributed by atoms with Crippen LogP contribution in [0.2, 0.25) is 0 Å². The molecule has 0 saturated carbocycles. The minimum absolute atomic E-state index is 0.0212. The highest BCUT2D eigenvalue weighted by Gasteiger charge is 2.23. The van der Waals surface area contributed by atoms with Crippen molar-refractivity contribution in [1.82, 2.24) is 19.5 Å². The third-order valence-electron chi connectivity index (χ3n) is 11.4. The van der Waals surface area contributed by atoms with Crippen molar-refractivity contribution in [2.45, 2.75) is 12.3 Å². The Hall–Kier alpha value is -7.15. The standard InChI is InChI=1S/C51H32N4OS/c1-4-14-31(15-5-1)35-21-12-24-43-47(35)38-27-26-34(28-44(38)56-43)50-52-49(33-18-8-3-9-19-33)53-51(54-50)55-41-23-11-10-20-37(41)39-30-46-40(29-42(39)55)48-36(22-13-25-45(48)57-46)32-16-6-2-7-17-32/h1-18,20-30,33H,19H2. The van der Waals surface area contributed by atoms with E-state index in [-0.39, 0.29) is 5.92 Å². The first-order valence-electron chi connectivity index (χ1n) is 19.3. The molecule has 1 unspecified atom stereocenters. The van der Waals surface area contributed by atoms with Gasteiger partial charge in [0.15, 0.2) is 5.82 Å². The number of thiophene rings is 1. The molecule has 0 spiro atoms. The minimum atomic E-state index is 0.0212. The molecule has 1 atom stereocenters. The Balaban J connectivity index is 1.10. The lowest BCUT2D eigenvalue weighted by molar-refractivity contribution is 0.669. The van der Waals surface area contributed by atoms with E-state index in [0.29, 0.717) is 11.8 Å². The Morgan fingerprint density at radius 3 is 2.11 bits per heavy atom. The first-order valence-corrected chi connectivity index (χ1v) is 20.1. The number of rotatable bonds is 5. The molecule has 5 nitrogen and oxygen atoms in total. The molecular weight excluding hydrogens is 717 g/mol. The zero-order valence-electron chi connectivity index (χ0n) is 30.6. The smallest absolute Gasteiger partial charge is 0.238 e. The molecule has 0 saturated heterocycles. The Labute approximate surface area is 331 Å². The average Bonchev–Trinajstić information content (AvgIpc) is 3.95. The molecule has 7 aromatic carbocycles. The molecule has 6 heteroatoms. The van der Waals surface area contributed by atoms with Crippen LogP contribution in [0, 0.1) is 0 Å². The molecular formula is C51H32N4OS. The molecule has 1 aliphatic carbocycles. The molecule has 1 aliphatic rings. The van der Waals surface area contributed by atoms with Gasteiger partial charge in [-0.05, 0) is 71.1 Å². The molecule has 12 rings (SSSR count). The van der Waals surface area contributed by atoms with Gasteiger partial charge in [-0.25, -0.2) is 4.98 Å². The second kappa shape index (κ2) is 12.7. The zero-order chi connectivity index (χ0) is 37.5. The highest BCUT2D eigenvalue weighted by atomic mass is 32.1. The molecule has 0 aliphatic heterocycles. The number of fused-ring (bicyclic) bond motifs is 9. The van der Waals surface area contributed by atoms with Crippen molar-refractivity contribution in [3.8, 4) is 39.6 Å². The molecule has 4 aromatic heterocycles. The SMILES string of the molecule is C1=CCC(c2nc(-c3ccc4c(c3)oc3cccc(-c5ccccc5)c34)nc(-n3c4ccccc4c4cc5sc6cccc(-c7ccccc7)c6c5cc43)n2)C=C1. The van der Waals surface area contributed by atoms with Gasteiger partial charge in [0.25, 0.3) is 0 Å². The minimum Gasteiger partial charge on any atom is -0.456 e. The summed E-state index contributed by atoms with van der Waals surface area (Å²) in [6.45, 7) is 0. The summed E-state index contributed by atoms with van der Waals surface area (Å²) in [5.74, 6) is 1.98. The lowest BCUT2D eigenvalue weighted by Gasteiger charge is -2.15. The van der Waals surface area contributed by atoms with Crippen LogP contribution in [0.25, 0.3) is 104 Å². The zero-order valence-corrected chi connectivity index (χ0v) is 31.4. The van der Waals surface area contributed by atoms with E-state index >= 15 is 0 Å². The molecule has 0 bridgehead atoms. The molecule has 0 N–H and O–H groups in total. The Morgan fingerprint density at radius 1 is 0.526 bits per heavy atom. The predicted molar refractivity (Wildman–Crippen MR) is 236 cm³/mol. The van der Waals surface area contributed by atoms with Gasteiger partial charge >= 0.3 is 0 Å². The topological polar surface area (TPSA) is 56.7 Å². The number of nitrogens with zero attached hydrogens (tertiary/aromatic N) is 4. The van der Waals surface area contributed by atoms with E-state index in [1.54, 1.807) is 0 Å². The molecule has 0 fully saturated rings. The van der Waals surface area contributed by atoms with Gasteiger partial charge in [-0.3, -0.25) is 4.57 Å². The van der Waals surface area contributed by atoms with Gasteiger partial charge in [-0.1, -0.05) is 133 Å². The van der Waals surface area contributed by atoms with Gasteiger partial charge in [0, 0.05) is 53.2 Å².